The average Bonchev–Trinajstić information content (AvgIpc) is 2.99. The van der Waals surface area contributed by atoms with Crippen LogP contribution in [-0.2, 0) is 14.8 Å². The van der Waals surface area contributed by atoms with Crippen LogP contribution < -0.4 is 10.0 Å². The Balaban J connectivity index is 1.72. The molecule has 0 aromatic heterocycles. The van der Waals surface area contributed by atoms with Gasteiger partial charge in [-0.3, -0.25) is 4.79 Å². The highest BCUT2D eigenvalue weighted by molar-refractivity contribution is 7.89. The summed E-state index contributed by atoms with van der Waals surface area (Å²) in [5, 5.41) is 2.49. The lowest BCUT2D eigenvalue weighted by Gasteiger charge is -2.11. The minimum Gasteiger partial charge on any atom is -0.377 e. The van der Waals surface area contributed by atoms with Crippen LogP contribution in [0.2, 0.25) is 0 Å². The summed E-state index contributed by atoms with van der Waals surface area (Å²) < 4.78 is 44.1. The van der Waals surface area contributed by atoms with Gasteiger partial charge in [-0.05, 0) is 37.1 Å². The van der Waals surface area contributed by atoms with Crippen LogP contribution in [0.1, 0.15) is 23.2 Å². The topological polar surface area (TPSA) is 84.5 Å². The van der Waals surface area contributed by atoms with Gasteiger partial charge in [0.15, 0.2) is 0 Å². The van der Waals surface area contributed by atoms with Gasteiger partial charge < -0.3 is 10.1 Å². The van der Waals surface area contributed by atoms with Crippen molar-refractivity contribution in [3.63, 3.8) is 0 Å². The van der Waals surface area contributed by atoms with Crippen molar-refractivity contribution in [1.29, 1.82) is 0 Å². The lowest BCUT2D eigenvalue weighted by atomic mass is 10.2. The standard InChI is InChI=1S/C14H19FN2O4S/c15-12-5-3-11(4-6-12)14(18)16-7-9-22(19,20)17-10-13-2-1-8-21-13/h3-6,13,17H,1-2,7-10H2,(H,16,18)/t13-/m1/s1. The van der Waals surface area contributed by atoms with Crippen molar-refractivity contribution < 1.29 is 22.3 Å². The maximum atomic E-state index is 12.7. The lowest BCUT2D eigenvalue weighted by Crippen LogP contribution is -2.37. The summed E-state index contributed by atoms with van der Waals surface area (Å²) in [5.74, 6) is -1.08. The zero-order valence-electron chi connectivity index (χ0n) is 12.0. The fourth-order valence-corrected chi connectivity index (χ4v) is 3.05. The Hall–Kier alpha value is -1.51. The molecule has 1 aliphatic rings. The molecule has 2 rings (SSSR count). The van der Waals surface area contributed by atoms with E-state index in [-0.39, 0.29) is 30.5 Å². The molecule has 1 atom stereocenters. The first-order valence-corrected chi connectivity index (χ1v) is 8.74. The van der Waals surface area contributed by atoms with Crippen LogP contribution in [0.25, 0.3) is 0 Å². The number of amides is 1. The van der Waals surface area contributed by atoms with E-state index in [4.69, 9.17) is 4.74 Å². The van der Waals surface area contributed by atoms with Crippen LogP contribution in [0.5, 0.6) is 0 Å². The van der Waals surface area contributed by atoms with Crippen LogP contribution in [0.4, 0.5) is 4.39 Å². The van der Waals surface area contributed by atoms with E-state index in [0.717, 1.165) is 12.8 Å². The van der Waals surface area contributed by atoms with Crippen molar-refractivity contribution >= 4 is 15.9 Å². The molecule has 1 saturated heterocycles. The van der Waals surface area contributed by atoms with Gasteiger partial charge in [0.2, 0.25) is 10.0 Å². The van der Waals surface area contributed by atoms with Crippen molar-refractivity contribution in [2.45, 2.75) is 18.9 Å². The molecular weight excluding hydrogens is 311 g/mol. The number of carbonyl (C=O) groups excluding carboxylic acids is 1. The number of halogens is 1. The Morgan fingerprint density at radius 2 is 2.05 bits per heavy atom. The van der Waals surface area contributed by atoms with Crippen molar-refractivity contribution in [2.24, 2.45) is 0 Å². The third-order valence-corrected chi connectivity index (χ3v) is 4.67. The summed E-state index contributed by atoms with van der Waals surface area (Å²) in [5.41, 5.74) is 0.283. The molecule has 0 aliphatic carbocycles. The molecular formula is C14H19FN2O4S. The molecule has 0 saturated carbocycles. The number of nitrogens with one attached hydrogen (secondary N) is 2. The SMILES string of the molecule is O=C(NCCS(=O)(=O)NC[C@H]1CCCO1)c1ccc(F)cc1. The molecule has 2 N–H and O–H groups in total. The molecule has 1 aromatic carbocycles. The molecule has 0 spiro atoms. The van der Waals surface area contributed by atoms with Crippen LogP contribution in [0.15, 0.2) is 24.3 Å². The van der Waals surface area contributed by atoms with E-state index < -0.39 is 21.7 Å². The molecule has 22 heavy (non-hydrogen) atoms. The minimum atomic E-state index is -3.46. The normalized spacial score (nSPS) is 18.3. The molecule has 122 valence electrons. The number of benzene rings is 1. The predicted octanol–water partition coefficient (Wildman–Crippen LogP) is 0.654. The Morgan fingerprint density at radius 1 is 1.32 bits per heavy atom. The number of carbonyl (C=O) groups is 1. The van der Waals surface area contributed by atoms with Gasteiger partial charge in [-0.2, -0.15) is 0 Å². The van der Waals surface area contributed by atoms with E-state index in [9.17, 15) is 17.6 Å². The third kappa shape index (κ3) is 5.36. The summed E-state index contributed by atoms with van der Waals surface area (Å²) >= 11 is 0. The second kappa shape index (κ2) is 7.66. The quantitative estimate of drug-likeness (QED) is 0.769. The van der Waals surface area contributed by atoms with E-state index in [2.05, 4.69) is 10.0 Å². The van der Waals surface area contributed by atoms with Gasteiger partial charge in [0, 0.05) is 25.3 Å². The van der Waals surface area contributed by atoms with Gasteiger partial charge in [0.25, 0.3) is 5.91 Å². The summed E-state index contributed by atoms with van der Waals surface area (Å²) in [6.07, 6.45) is 1.73. The smallest absolute Gasteiger partial charge is 0.251 e. The second-order valence-electron chi connectivity index (χ2n) is 5.07. The van der Waals surface area contributed by atoms with Gasteiger partial charge in [-0.15, -0.1) is 0 Å². The molecule has 0 unspecified atom stereocenters. The minimum absolute atomic E-state index is 0.0168. The van der Waals surface area contributed by atoms with Crippen molar-refractivity contribution in [2.75, 3.05) is 25.4 Å². The van der Waals surface area contributed by atoms with Crippen molar-refractivity contribution in [1.82, 2.24) is 10.0 Å². The molecule has 0 radical (unpaired) electrons. The Morgan fingerprint density at radius 3 is 2.68 bits per heavy atom. The largest absolute Gasteiger partial charge is 0.377 e. The molecule has 1 amide bonds. The summed E-state index contributed by atoms with van der Waals surface area (Å²) in [6.45, 7) is 0.908. The number of hydrogen-bond donors (Lipinski definition) is 2. The zero-order valence-corrected chi connectivity index (χ0v) is 12.9. The fourth-order valence-electron chi connectivity index (χ4n) is 2.10. The zero-order chi connectivity index (χ0) is 16.0. The van der Waals surface area contributed by atoms with Gasteiger partial charge in [-0.1, -0.05) is 0 Å². The van der Waals surface area contributed by atoms with Crippen LogP contribution in [0.3, 0.4) is 0 Å². The molecule has 1 heterocycles. The summed E-state index contributed by atoms with van der Waals surface area (Å²) in [6, 6.07) is 5.04. The molecule has 1 aromatic rings. The number of rotatable bonds is 7. The van der Waals surface area contributed by atoms with Crippen LogP contribution >= 0.6 is 0 Å². The molecule has 1 fully saturated rings. The first kappa shape index (κ1) is 16.9. The maximum absolute atomic E-state index is 12.7. The summed E-state index contributed by atoms with van der Waals surface area (Å²) in [7, 11) is -3.46. The Kier molecular flexibility index (Phi) is 5.87. The predicted molar refractivity (Wildman–Crippen MR) is 79.5 cm³/mol. The van der Waals surface area contributed by atoms with Gasteiger partial charge in [0.1, 0.15) is 5.82 Å². The fraction of sp³-hybridized carbons (Fsp3) is 0.500. The molecule has 8 heteroatoms. The highest BCUT2D eigenvalue weighted by Gasteiger charge is 2.18. The Bertz CT molecular complexity index is 598. The number of ether oxygens (including phenoxy) is 1. The lowest BCUT2D eigenvalue weighted by molar-refractivity contribution is 0.0956. The monoisotopic (exact) mass is 330 g/mol. The van der Waals surface area contributed by atoms with Crippen molar-refractivity contribution in [3.05, 3.63) is 35.6 Å². The average molecular weight is 330 g/mol. The Labute approximate surface area is 129 Å². The first-order valence-electron chi connectivity index (χ1n) is 7.09. The maximum Gasteiger partial charge on any atom is 0.251 e. The van der Waals surface area contributed by atoms with E-state index in [0.29, 0.717) is 6.61 Å². The number of sulfonamides is 1. The van der Waals surface area contributed by atoms with Crippen molar-refractivity contribution in [3.8, 4) is 0 Å². The second-order valence-corrected chi connectivity index (χ2v) is 6.99. The summed E-state index contributed by atoms with van der Waals surface area (Å²) in [4.78, 5) is 11.7. The van der Waals surface area contributed by atoms with Crippen LogP contribution in [-0.4, -0.2) is 45.9 Å². The first-order chi connectivity index (χ1) is 10.5. The third-order valence-electron chi connectivity index (χ3n) is 3.32. The van der Waals surface area contributed by atoms with Gasteiger partial charge >= 0.3 is 0 Å². The van der Waals surface area contributed by atoms with E-state index in [1.165, 1.54) is 24.3 Å². The highest BCUT2D eigenvalue weighted by atomic mass is 32.2. The van der Waals surface area contributed by atoms with Crippen LogP contribution in [0, 0.1) is 5.82 Å². The molecule has 6 nitrogen and oxygen atoms in total. The number of hydrogen-bond acceptors (Lipinski definition) is 4. The molecule has 0 bridgehead atoms. The van der Waals surface area contributed by atoms with Gasteiger partial charge in [0.05, 0.1) is 11.9 Å². The van der Waals surface area contributed by atoms with Gasteiger partial charge in [-0.25, -0.2) is 17.5 Å². The highest BCUT2D eigenvalue weighted by Crippen LogP contribution is 2.10. The van der Waals surface area contributed by atoms with E-state index >= 15 is 0 Å². The molecule has 1 aliphatic heterocycles. The van der Waals surface area contributed by atoms with E-state index in [1.807, 2.05) is 0 Å². The van der Waals surface area contributed by atoms with E-state index in [1.54, 1.807) is 0 Å².